The van der Waals surface area contributed by atoms with Crippen molar-refractivity contribution in [2.45, 2.75) is 64.6 Å². The number of nitrogens with zero attached hydrogens (tertiary/aromatic N) is 2. The first kappa shape index (κ1) is 14.5. The van der Waals surface area contributed by atoms with Crippen LogP contribution in [0.25, 0.3) is 0 Å². The molecule has 4 heteroatoms. The lowest BCUT2D eigenvalue weighted by Gasteiger charge is -2.39. The van der Waals surface area contributed by atoms with E-state index >= 15 is 0 Å². The quantitative estimate of drug-likeness (QED) is 0.860. The predicted molar refractivity (Wildman–Crippen MR) is 76.9 cm³/mol. The molecule has 0 aliphatic heterocycles. The average Bonchev–Trinajstić information content (AvgIpc) is 2.87. The second-order valence-electron chi connectivity index (χ2n) is 6.36. The van der Waals surface area contributed by atoms with Gasteiger partial charge in [0.05, 0.1) is 18.6 Å². The number of hydrogen-bond acceptors (Lipinski definition) is 3. The van der Waals surface area contributed by atoms with Gasteiger partial charge in [-0.15, -0.1) is 0 Å². The van der Waals surface area contributed by atoms with E-state index in [0.717, 1.165) is 25.3 Å². The van der Waals surface area contributed by atoms with Crippen LogP contribution in [-0.4, -0.2) is 26.8 Å². The number of hydrogen-bond donors (Lipinski definition) is 2. The van der Waals surface area contributed by atoms with Crippen molar-refractivity contribution in [3.8, 4) is 0 Å². The lowest BCUT2D eigenvalue weighted by Crippen LogP contribution is -2.50. The smallest absolute Gasteiger partial charge is 0.0951 e. The number of aliphatic hydroxyl groups excluding tert-OH is 1. The summed E-state index contributed by atoms with van der Waals surface area (Å²) in [4.78, 5) is 4.23. The summed E-state index contributed by atoms with van der Waals surface area (Å²) in [5, 5.41) is 13.3. The molecule has 108 valence electrons. The minimum absolute atomic E-state index is 0.0847. The molecule has 0 spiro atoms. The Kier molecular flexibility index (Phi) is 4.63. The van der Waals surface area contributed by atoms with Crippen LogP contribution in [0.15, 0.2) is 12.5 Å². The Morgan fingerprint density at radius 3 is 2.74 bits per heavy atom. The molecular weight excluding hydrogens is 238 g/mol. The monoisotopic (exact) mass is 265 g/mol. The highest BCUT2D eigenvalue weighted by atomic mass is 16.3. The first-order chi connectivity index (χ1) is 9.06. The van der Waals surface area contributed by atoms with Crippen molar-refractivity contribution < 1.29 is 5.11 Å². The summed E-state index contributed by atoms with van der Waals surface area (Å²) < 4.78 is 2.18. The van der Waals surface area contributed by atoms with E-state index in [0.29, 0.717) is 6.04 Å². The molecule has 0 aromatic carbocycles. The van der Waals surface area contributed by atoms with Gasteiger partial charge in [0.1, 0.15) is 0 Å². The van der Waals surface area contributed by atoms with Crippen LogP contribution in [0.2, 0.25) is 0 Å². The molecule has 1 aliphatic rings. The molecule has 0 radical (unpaired) electrons. The van der Waals surface area contributed by atoms with Crippen molar-refractivity contribution in [2.24, 2.45) is 5.92 Å². The van der Waals surface area contributed by atoms with Gasteiger partial charge in [-0.1, -0.05) is 6.92 Å². The van der Waals surface area contributed by atoms with E-state index in [2.05, 4.69) is 35.6 Å². The minimum atomic E-state index is -0.0847. The Hall–Kier alpha value is -0.870. The molecule has 1 saturated carbocycles. The van der Waals surface area contributed by atoms with Crippen LogP contribution in [0.3, 0.4) is 0 Å². The van der Waals surface area contributed by atoms with Crippen molar-refractivity contribution >= 4 is 0 Å². The summed E-state index contributed by atoms with van der Waals surface area (Å²) >= 11 is 0. The van der Waals surface area contributed by atoms with Gasteiger partial charge in [-0.2, -0.15) is 0 Å². The molecule has 0 saturated heterocycles. The minimum Gasteiger partial charge on any atom is -0.394 e. The number of imidazole rings is 1. The molecule has 0 atom stereocenters. The fourth-order valence-electron chi connectivity index (χ4n) is 2.92. The maximum atomic E-state index is 9.75. The van der Waals surface area contributed by atoms with E-state index in [-0.39, 0.29) is 12.1 Å². The Bertz CT molecular complexity index is 392. The van der Waals surface area contributed by atoms with Crippen molar-refractivity contribution in [3.05, 3.63) is 18.2 Å². The second kappa shape index (κ2) is 6.06. The molecule has 4 nitrogen and oxygen atoms in total. The lowest BCUT2D eigenvalue weighted by molar-refractivity contribution is 0.103. The first-order valence-electron chi connectivity index (χ1n) is 7.43. The number of rotatable bonds is 5. The van der Waals surface area contributed by atoms with Gasteiger partial charge < -0.3 is 15.0 Å². The summed E-state index contributed by atoms with van der Waals surface area (Å²) in [6, 6.07) is 0.427. The molecule has 1 aromatic rings. The highest BCUT2D eigenvalue weighted by Gasteiger charge is 2.33. The largest absolute Gasteiger partial charge is 0.394 e. The van der Waals surface area contributed by atoms with E-state index in [1.807, 2.05) is 12.5 Å². The highest BCUT2D eigenvalue weighted by Crippen LogP contribution is 2.31. The zero-order valence-electron chi connectivity index (χ0n) is 12.4. The maximum Gasteiger partial charge on any atom is 0.0951 e. The molecule has 1 aliphatic carbocycles. The highest BCUT2D eigenvalue weighted by molar-refractivity contribution is 5.02. The molecular formula is C15H27N3O. The van der Waals surface area contributed by atoms with Crippen molar-refractivity contribution in [1.29, 1.82) is 0 Å². The van der Waals surface area contributed by atoms with Crippen LogP contribution in [0, 0.1) is 5.92 Å². The molecule has 2 rings (SSSR count). The van der Waals surface area contributed by atoms with Crippen LogP contribution < -0.4 is 5.32 Å². The molecule has 19 heavy (non-hydrogen) atoms. The Morgan fingerprint density at radius 2 is 2.16 bits per heavy atom. The predicted octanol–water partition coefficient (Wildman–Crippen LogP) is 2.49. The number of nitrogens with one attached hydrogen (secondary N) is 1. The van der Waals surface area contributed by atoms with Crippen LogP contribution in [0.4, 0.5) is 0 Å². The van der Waals surface area contributed by atoms with E-state index in [1.165, 1.54) is 18.5 Å². The number of aromatic nitrogens is 2. The number of aliphatic hydroxyl groups is 1. The fraction of sp³-hybridized carbons (Fsp3) is 0.800. The standard InChI is InChI=1S/C15H27N3O/c1-12(2)18-11-16-8-14(18)9-17-15(10-19)6-4-13(3)5-7-15/h8,11-13,17,19H,4-7,9-10H2,1-3H3. The van der Waals surface area contributed by atoms with Crippen LogP contribution >= 0.6 is 0 Å². The zero-order chi connectivity index (χ0) is 13.9. The Labute approximate surface area is 116 Å². The second-order valence-corrected chi connectivity index (χ2v) is 6.36. The normalized spacial score (nSPS) is 27.9. The average molecular weight is 265 g/mol. The van der Waals surface area contributed by atoms with E-state index in [1.54, 1.807) is 0 Å². The van der Waals surface area contributed by atoms with Crippen molar-refractivity contribution in [1.82, 2.24) is 14.9 Å². The third-order valence-corrected chi connectivity index (χ3v) is 4.48. The molecule has 1 heterocycles. The topological polar surface area (TPSA) is 50.1 Å². The van der Waals surface area contributed by atoms with Crippen LogP contribution in [0.1, 0.15) is 58.2 Å². The third-order valence-electron chi connectivity index (χ3n) is 4.48. The third kappa shape index (κ3) is 3.37. The zero-order valence-corrected chi connectivity index (χ0v) is 12.4. The molecule has 1 fully saturated rings. The van der Waals surface area contributed by atoms with Gasteiger partial charge in [0.15, 0.2) is 0 Å². The Balaban J connectivity index is 1.98. The van der Waals surface area contributed by atoms with Crippen LogP contribution in [0.5, 0.6) is 0 Å². The maximum absolute atomic E-state index is 9.75. The van der Waals surface area contributed by atoms with Crippen molar-refractivity contribution in [3.63, 3.8) is 0 Å². The first-order valence-corrected chi connectivity index (χ1v) is 7.43. The van der Waals surface area contributed by atoms with E-state index in [9.17, 15) is 5.11 Å². The van der Waals surface area contributed by atoms with E-state index < -0.39 is 0 Å². The summed E-state index contributed by atoms with van der Waals surface area (Å²) in [5.41, 5.74) is 1.11. The van der Waals surface area contributed by atoms with Gasteiger partial charge in [0.25, 0.3) is 0 Å². The van der Waals surface area contributed by atoms with Gasteiger partial charge >= 0.3 is 0 Å². The molecule has 0 bridgehead atoms. The molecule has 2 N–H and O–H groups in total. The summed E-state index contributed by atoms with van der Waals surface area (Å²) in [6.45, 7) is 7.64. The van der Waals surface area contributed by atoms with Gasteiger partial charge in [0, 0.05) is 24.3 Å². The summed E-state index contributed by atoms with van der Waals surface area (Å²) in [6.07, 6.45) is 8.36. The summed E-state index contributed by atoms with van der Waals surface area (Å²) in [7, 11) is 0. The van der Waals surface area contributed by atoms with Gasteiger partial charge in [-0.25, -0.2) is 4.98 Å². The van der Waals surface area contributed by atoms with Crippen LogP contribution in [-0.2, 0) is 6.54 Å². The van der Waals surface area contributed by atoms with E-state index in [4.69, 9.17) is 0 Å². The SMILES string of the molecule is CC1CCC(CO)(NCc2cncn2C(C)C)CC1. The molecule has 0 amide bonds. The molecule has 0 unspecified atom stereocenters. The fourth-order valence-corrected chi connectivity index (χ4v) is 2.92. The van der Waals surface area contributed by atoms with Crippen molar-refractivity contribution in [2.75, 3.05) is 6.61 Å². The lowest BCUT2D eigenvalue weighted by atomic mass is 9.77. The Morgan fingerprint density at radius 1 is 1.47 bits per heavy atom. The van der Waals surface area contributed by atoms with Gasteiger partial charge in [0.2, 0.25) is 0 Å². The van der Waals surface area contributed by atoms with Gasteiger partial charge in [-0.3, -0.25) is 0 Å². The molecule has 1 aromatic heterocycles. The summed E-state index contributed by atoms with van der Waals surface area (Å²) in [5.74, 6) is 0.794. The van der Waals surface area contributed by atoms with Gasteiger partial charge in [-0.05, 0) is 45.4 Å².